The predicted molar refractivity (Wildman–Crippen MR) is 110 cm³/mol. The van der Waals surface area contributed by atoms with Crippen LogP contribution in [0.4, 0.5) is 0 Å². The van der Waals surface area contributed by atoms with Gasteiger partial charge in [-0.3, -0.25) is 9.88 Å². The van der Waals surface area contributed by atoms with Gasteiger partial charge in [0.1, 0.15) is 11.4 Å². The van der Waals surface area contributed by atoms with Crippen molar-refractivity contribution in [2.75, 3.05) is 13.1 Å². The molecule has 0 saturated carbocycles. The number of likely N-dealkylation sites (tertiary alicyclic amines) is 1. The first-order chi connectivity index (χ1) is 14.1. The van der Waals surface area contributed by atoms with Crippen LogP contribution in [0.3, 0.4) is 0 Å². The average Bonchev–Trinajstić information content (AvgIpc) is 3.19. The van der Waals surface area contributed by atoms with Gasteiger partial charge in [0.25, 0.3) is 5.89 Å². The minimum Gasteiger partial charge on any atom is -0.491 e. The van der Waals surface area contributed by atoms with Gasteiger partial charge >= 0.3 is 0 Å². The lowest BCUT2D eigenvalue weighted by atomic mass is 9.96. The molecule has 3 aromatic rings. The topological polar surface area (TPSA) is 77.2 Å². The number of piperidine rings is 1. The summed E-state index contributed by atoms with van der Waals surface area (Å²) >= 11 is 0. The highest BCUT2D eigenvalue weighted by atomic mass is 16.5. The summed E-state index contributed by atoms with van der Waals surface area (Å²) in [7, 11) is 0. The maximum atomic E-state index is 5.81. The molecule has 7 heteroatoms. The first-order valence-electron chi connectivity index (χ1n) is 10.2. The molecule has 0 aliphatic carbocycles. The maximum Gasteiger partial charge on any atom is 0.278 e. The van der Waals surface area contributed by atoms with Crippen molar-refractivity contribution < 1.29 is 9.26 Å². The number of aromatic nitrogens is 4. The van der Waals surface area contributed by atoms with Crippen LogP contribution in [-0.4, -0.2) is 44.2 Å². The third kappa shape index (κ3) is 4.98. The van der Waals surface area contributed by atoms with Gasteiger partial charge in [-0.1, -0.05) is 17.3 Å². The second-order valence-corrected chi connectivity index (χ2v) is 7.87. The lowest BCUT2D eigenvalue weighted by Gasteiger charge is -2.30. The van der Waals surface area contributed by atoms with Crippen molar-refractivity contribution in [1.29, 1.82) is 0 Å². The molecule has 29 heavy (non-hydrogen) atoms. The van der Waals surface area contributed by atoms with Crippen LogP contribution >= 0.6 is 0 Å². The molecule has 152 valence electrons. The standard InChI is InChI=1S/C22H27N5O2/c1-15(2)28-19-6-4-5-17(11-19)14-27-9-7-18(8-10-27)21-25-22(29-26-21)20-13-23-16(3)12-24-20/h4-6,11-13,15,18H,7-10,14H2,1-3H3. The van der Waals surface area contributed by atoms with Crippen LogP contribution in [0.25, 0.3) is 11.6 Å². The highest BCUT2D eigenvalue weighted by Crippen LogP contribution is 2.28. The van der Waals surface area contributed by atoms with E-state index in [4.69, 9.17) is 9.26 Å². The fraction of sp³-hybridized carbons (Fsp3) is 0.455. The van der Waals surface area contributed by atoms with Crippen molar-refractivity contribution in [3.63, 3.8) is 0 Å². The van der Waals surface area contributed by atoms with Crippen LogP contribution in [0.1, 0.15) is 49.7 Å². The molecule has 3 heterocycles. The van der Waals surface area contributed by atoms with Crippen LogP contribution in [-0.2, 0) is 6.54 Å². The molecule has 0 atom stereocenters. The second kappa shape index (κ2) is 8.69. The number of hydrogen-bond donors (Lipinski definition) is 0. The molecule has 0 unspecified atom stereocenters. The van der Waals surface area contributed by atoms with Gasteiger partial charge in [0.15, 0.2) is 5.82 Å². The Morgan fingerprint density at radius 2 is 2.00 bits per heavy atom. The number of nitrogens with zero attached hydrogens (tertiary/aromatic N) is 5. The number of ether oxygens (including phenoxy) is 1. The zero-order valence-corrected chi connectivity index (χ0v) is 17.2. The van der Waals surface area contributed by atoms with Crippen molar-refractivity contribution in [1.82, 2.24) is 25.0 Å². The van der Waals surface area contributed by atoms with E-state index in [2.05, 4.69) is 43.2 Å². The van der Waals surface area contributed by atoms with Crippen LogP contribution in [0.15, 0.2) is 41.2 Å². The molecule has 0 bridgehead atoms. The fourth-order valence-electron chi connectivity index (χ4n) is 3.60. The Labute approximate surface area is 171 Å². The summed E-state index contributed by atoms with van der Waals surface area (Å²) in [5.41, 5.74) is 2.76. The summed E-state index contributed by atoms with van der Waals surface area (Å²) in [4.78, 5) is 15.6. The summed E-state index contributed by atoms with van der Waals surface area (Å²) in [6, 6.07) is 8.38. The van der Waals surface area contributed by atoms with Gasteiger partial charge in [0, 0.05) is 18.7 Å². The zero-order chi connectivity index (χ0) is 20.2. The molecule has 1 aromatic carbocycles. The van der Waals surface area contributed by atoms with Crippen LogP contribution in [0.5, 0.6) is 5.75 Å². The Hall–Kier alpha value is -2.80. The van der Waals surface area contributed by atoms with E-state index in [0.717, 1.165) is 49.7 Å². The van der Waals surface area contributed by atoms with Crippen LogP contribution in [0, 0.1) is 6.92 Å². The Morgan fingerprint density at radius 3 is 2.72 bits per heavy atom. The lowest BCUT2D eigenvalue weighted by molar-refractivity contribution is 0.199. The van der Waals surface area contributed by atoms with E-state index < -0.39 is 0 Å². The number of benzene rings is 1. The Morgan fingerprint density at radius 1 is 1.17 bits per heavy atom. The summed E-state index contributed by atoms with van der Waals surface area (Å²) in [6.45, 7) is 8.94. The van der Waals surface area contributed by atoms with E-state index in [-0.39, 0.29) is 6.10 Å². The molecule has 2 aromatic heterocycles. The number of rotatable bonds is 6. The minimum atomic E-state index is 0.187. The normalized spacial score (nSPS) is 15.7. The molecule has 1 aliphatic rings. The first-order valence-corrected chi connectivity index (χ1v) is 10.2. The SMILES string of the molecule is Cc1cnc(-c2nc(C3CCN(Cc4cccc(OC(C)C)c4)CC3)no2)cn1. The highest BCUT2D eigenvalue weighted by Gasteiger charge is 2.25. The van der Waals surface area contributed by atoms with Gasteiger partial charge in [-0.2, -0.15) is 4.98 Å². The maximum absolute atomic E-state index is 5.81. The number of hydrogen-bond acceptors (Lipinski definition) is 7. The van der Waals surface area contributed by atoms with E-state index in [9.17, 15) is 0 Å². The third-order valence-electron chi connectivity index (χ3n) is 5.07. The van der Waals surface area contributed by atoms with E-state index >= 15 is 0 Å². The average molecular weight is 393 g/mol. The molecule has 7 nitrogen and oxygen atoms in total. The second-order valence-electron chi connectivity index (χ2n) is 7.87. The summed E-state index contributed by atoms with van der Waals surface area (Å²) in [6.07, 6.45) is 5.60. The van der Waals surface area contributed by atoms with E-state index in [1.807, 2.05) is 26.8 Å². The van der Waals surface area contributed by atoms with Gasteiger partial charge in [0.05, 0.1) is 18.0 Å². The number of aryl methyl sites for hydroxylation is 1. The summed E-state index contributed by atoms with van der Waals surface area (Å²) < 4.78 is 11.2. The molecule has 1 aliphatic heterocycles. The van der Waals surface area contributed by atoms with Crippen LogP contribution in [0.2, 0.25) is 0 Å². The Bertz CT molecular complexity index is 930. The third-order valence-corrected chi connectivity index (χ3v) is 5.07. The fourth-order valence-corrected chi connectivity index (χ4v) is 3.60. The first kappa shape index (κ1) is 19.5. The molecule has 4 rings (SSSR count). The minimum absolute atomic E-state index is 0.187. The zero-order valence-electron chi connectivity index (χ0n) is 17.2. The van der Waals surface area contributed by atoms with Crippen LogP contribution < -0.4 is 4.74 Å². The van der Waals surface area contributed by atoms with E-state index in [1.165, 1.54) is 5.56 Å². The molecule has 0 radical (unpaired) electrons. The molecule has 0 N–H and O–H groups in total. The van der Waals surface area contributed by atoms with Gasteiger partial charge in [0.2, 0.25) is 0 Å². The van der Waals surface area contributed by atoms with Crippen molar-refractivity contribution in [3.05, 3.63) is 53.7 Å². The Balaban J connectivity index is 1.33. The quantitative estimate of drug-likeness (QED) is 0.626. The lowest BCUT2D eigenvalue weighted by Crippen LogP contribution is -2.32. The monoisotopic (exact) mass is 393 g/mol. The van der Waals surface area contributed by atoms with Gasteiger partial charge < -0.3 is 9.26 Å². The molecule has 0 amide bonds. The van der Waals surface area contributed by atoms with Crippen molar-refractivity contribution in [2.45, 2.75) is 52.2 Å². The molecule has 1 fully saturated rings. The van der Waals surface area contributed by atoms with Crippen molar-refractivity contribution in [2.24, 2.45) is 0 Å². The van der Waals surface area contributed by atoms with Gasteiger partial charge in [-0.25, -0.2) is 4.98 Å². The highest BCUT2D eigenvalue weighted by molar-refractivity contribution is 5.44. The smallest absolute Gasteiger partial charge is 0.278 e. The largest absolute Gasteiger partial charge is 0.491 e. The van der Waals surface area contributed by atoms with E-state index in [0.29, 0.717) is 17.5 Å². The molecular formula is C22H27N5O2. The molecular weight excluding hydrogens is 366 g/mol. The van der Waals surface area contributed by atoms with Gasteiger partial charge in [-0.05, 0) is 64.4 Å². The van der Waals surface area contributed by atoms with Crippen molar-refractivity contribution >= 4 is 0 Å². The predicted octanol–water partition coefficient (Wildman–Crippen LogP) is 4.00. The molecule has 0 spiro atoms. The summed E-state index contributed by atoms with van der Waals surface area (Å²) in [5, 5.41) is 4.20. The van der Waals surface area contributed by atoms with Crippen molar-refractivity contribution in [3.8, 4) is 17.3 Å². The van der Waals surface area contributed by atoms with Gasteiger partial charge in [-0.15, -0.1) is 0 Å². The molecule has 1 saturated heterocycles. The summed E-state index contributed by atoms with van der Waals surface area (Å²) in [5.74, 6) is 2.47. The van der Waals surface area contributed by atoms with E-state index in [1.54, 1.807) is 12.4 Å². The Kier molecular flexibility index (Phi) is 5.85.